The zero-order chi connectivity index (χ0) is 37.1. The standard InChI is InChI=1S/C38H47N5O8/c1-24-19-27(44)21-32-28(24)22-30(42-37(49)51-38(2,3)4)35(47)43(32)31(34(46)41-29(33(39)45)20-25-13-7-5-8-14-25)17-11-12-18-40-36(48)50-23-26-15-9-6-10-16-26/h5-10,13-16,19,21,29-31,44H,11-12,17-18,20,22-23H2,1-4H3,(H2,39,45)(H,40,48)(H,41,46)(H,42,49)/t29-,30-,31-/m0/s1. The van der Waals surface area contributed by atoms with Crippen LogP contribution in [0.2, 0.25) is 0 Å². The second-order valence-corrected chi connectivity index (χ2v) is 13.5. The molecule has 0 unspecified atom stereocenters. The topological polar surface area (TPSA) is 189 Å². The monoisotopic (exact) mass is 701 g/mol. The van der Waals surface area contributed by atoms with Crippen LogP contribution < -0.4 is 26.6 Å². The van der Waals surface area contributed by atoms with Crippen molar-refractivity contribution in [3.63, 3.8) is 0 Å². The summed E-state index contributed by atoms with van der Waals surface area (Å²) in [5, 5.41) is 18.7. The van der Waals surface area contributed by atoms with E-state index in [1.807, 2.05) is 36.4 Å². The number of carbonyl (C=O) groups is 5. The lowest BCUT2D eigenvalue weighted by Crippen LogP contribution is -2.61. The van der Waals surface area contributed by atoms with Crippen molar-refractivity contribution in [2.45, 2.75) is 90.1 Å². The van der Waals surface area contributed by atoms with Gasteiger partial charge in [-0.2, -0.15) is 0 Å². The highest BCUT2D eigenvalue weighted by Gasteiger charge is 2.42. The van der Waals surface area contributed by atoms with Crippen molar-refractivity contribution >= 4 is 35.6 Å². The molecule has 1 aliphatic heterocycles. The molecule has 0 saturated carbocycles. The third-order valence-electron chi connectivity index (χ3n) is 8.27. The van der Waals surface area contributed by atoms with E-state index >= 15 is 0 Å². The van der Waals surface area contributed by atoms with Crippen LogP contribution in [0.4, 0.5) is 15.3 Å². The van der Waals surface area contributed by atoms with Gasteiger partial charge in [0, 0.05) is 25.5 Å². The fourth-order valence-electron chi connectivity index (χ4n) is 5.87. The zero-order valence-corrected chi connectivity index (χ0v) is 29.4. The van der Waals surface area contributed by atoms with Crippen LogP contribution in [0.1, 0.15) is 62.3 Å². The number of phenols is 1. The lowest BCUT2D eigenvalue weighted by atomic mass is 9.90. The van der Waals surface area contributed by atoms with Crippen LogP contribution in [0, 0.1) is 6.92 Å². The summed E-state index contributed by atoms with van der Waals surface area (Å²) in [6.45, 7) is 7.21. The summed E-state index contributed by atoms with van der Waals surface area (Å²) in [7, 11) is 0. The Morgan fingerprint density at radius 3 is 2.24 bits per heavy atom. The largest absolute Gasteiger partial charge is 0.508 e. The molecule has 0 spiro atoms. The number of hydrogen-bond donors (Lipinski definition) is 5. The summed E-state index contributed by atoms with van der Waals surface area (Å²) in [6.07, 6.45) is -0.306. The van der Waals surface area contributed by atoms with Gasteiger partial charge in [-0.1, -0.05) is 60.7 Å². The predicted molar refractivity (Wildman–Crippen MR) is 191 cm³/mol. The van der Waals surface area contributed by atoms with Gasteiger partial charge in [-0.05, 0) is 75.3 Å². The molecule has 0 bridgehead atoms. The molecule has 3 aromatic carbocycles. The number of phenolic OH excluding ortho intramolecular Hbond substituents is 1. The Bertz CT molecular complexity index is 1690. The van der Waals surface area contributed by atoms with Crippen LogP contribution in [0.25, 0.3) is 0 Å². The summed E-state index contributed by atoms with van der Waals surface area (Å²) in [4.78, 5) is 67.4. The van der Waals surface area contributed by atoms with E-state index in [1.165, 1.54) is 17.0 Å². The molecule has 6 N–H and O–H groups in total. The van der Waals surface area contributed by atoms with Gasteiger partial charge in [0.15, 0.2) is 0 Å². The molecule has 0 saturated heterocycles. The normalized spacial score (nSPS) is 15.2. The van der Waals surface area contributed by atoms with Crippen LogP contribution in [0.5, 0.6) is 5.75 Å². The molecule has 0 radical (unpaired) electrons. The zero-order valence-electron chi connectivity index (χ0n) is 29.4. The van der Waals surface area contributed by atoms with Gasteiger partial charge in [0.05, 0.1) is 5.69 Å². The van der Waals surface area contributed by atoms with Gasteiger partial charge in [0.1, 0.15) is 36.1 Å². The van der Waals surface area contributed by atoms with Crippen molar-refractivity contribution in [1.82, 2.24) is 16.0 Å². The van der Waals surface area contributed by atoms with Crippen molar-refractivity contribution < 1.29 is 38.6 Å². The molecule has 3 atom stereocenters. The Kier molecular flexibility index (Phi) is 13.0. The van der Waals surface area contributed by atoms with Crippen LogP contribution in [-0.4, -0.2) is 65.3 Å². The van der Waals surface area contributed by atoms with E-state index in [9.17, 15) is 29.1 Å². The smallest absolute Gasteiger partial charge is 0.408 e. The molecule has 51 heavy (non-hydrogen) atoms. The Labute approximate surface area is 297 Å². The lowest BCUT2D eigenvalue weighted by Gasteiger charge is -2.40. The fraction of sp³-hybridized carbons (Fsp3) is 0.395. The maximum absolute atomic E-state index is 14.3. The summed E-state index contributed by atoms with van der Waals surface area (Å²) >= 11 is 0. The number of fused-ring (bicyclic) bond motifs is 1. The third-order valence-corrected chi connectivity index (χ3v) is 8.27. The number of nitrogens with zero attached hydrogens (tertiary/aromatic N) is 1. The molecule has 5 amide bonds. The lowest BCUT2D eigenvalue weighted by molar-refractivity contribution is -0.130. The molecule has 1 aliphatic rings. The van der Waals surface area contributed by atoms with E-state index in [4.69, 9.17) is 15.2 Å². The highest BCUT2D eigenvalue weighted by molar-refractivity contribution is 6.07. The van der Waals surface area contributed by atoms with Crippen molar-refractivity contribution in [1.29, 1.82) is 0 Å². The first-order valence-electron chi connectivity index (χ1n) is 16.9. The van der Waals surface area contributed by atoms with Crippen LogP contribution >= 0.6 is 0 Å². The predicted octanol–water partition coefficient (Wildman–Crippen LogP) is 4.16. The first-order chi connectivity index (χ1) is 24.2. The Morgan fingerprint density at radius 2 is 1.61 bits per heavy atom. The number of rotatable bonds is 14. The highest BCUT2D eigenvalue weighted by Crippen LogP contribution is 2.36. The summed E-state index contributed by atoms with van der Waals surface area (Å²) in [5.74, 6) is -2.12. The number of nitrogens with two attached hydrogens (primary N) is 1. The second-order valence-electron chi connectivity index (χ2n) is 13.5. The minimum atomic E-state index is -1.19. The molecular formula is C38H47N5O8. The number of unbranched alkanes of at least 4 members (excludes halogenated alkanes) is 1. The molecule has 4 rings (SSSR count). The Morgan fingerprint density at radius 1 is 0.961 bits per heavy atom. The number of aromatic hydroxyl groups is 1. The second kappa shape index (κ2) is 17.4. The van der Waals surface area contributed by atoms with Gasteiger partial charge in [0.2, 0.25) is 11.8 Å². The molecule has 3 aromatic rings. The summed E-state index contributed by atoms with van der Waals surface area (Å²) < 4.78 is 10.7. The maximum atomic E-state index is 14.3. The fourth-order valence-corrected chi connectivity index (χ4v) is 5.87. The third kappa shape index (κ3) is 11.2. The SMILES string of the molecule is Cc1cc(O)cc2c1C[C@H](NC(=O)OC(C)(C)C)C(=O)N2[C@@H](CCCCNC(=O)OCc1ccccc1)C(=O)N[C@@H](Cc1ccccc1)C(N)=O. The first kappa shape index (κ1) is 38.2. The Balaban J connectivity index is 1.57. The van der Waals surface area contributed by atoms with Gasteiger partial charge < -0.3 is 36.3 Å². The van der Waals surface area contributed by atoms with Crippen LogP contribution in [-0.2, 0) is 43.3 Å². The Hall–Kier alpha value is -5.59. The van der Waals surface area contributed by atoms with E-state index in [-0.39, 0.29) is 38.2 Å². The van der Waals surface area contributed by atoms with Crippen molar-refractivity contribution in [3.05, 3.63) is 95.1 Å². The molecule has 1 heterocycles. The number of hydrogen-bond acceptors (Lipinski definition) is 8. The molecular weight excluding hydrogens is 654 g/mol. The number of ether oxygens (including phenoxy) is 2. The average Bonchev–Trinajstić information content (AvgIpc) is 3.06. The quantitative estimate of drug-likeness (QED) is 0.155. The molecule has 13 heteroatoms. The number of carbonyl (C=O) groups excluding carboxylic acids is 5. The van der Waals surface area contributed by atoms with Gasteiger partial charge >= 0.3 is 12.2 Å². The number of benzene rings is 3. The van der Waals surface area contributed by atoms with Crippen molar-refractivity contribution in [2.75, 3.05) is 11.4 Å². The van der Waals surface area contributed by atoms with E-state index in [1.54, 1.807) is 52.0 Å². The molecule has 0 fully saturated rings. The number of aryl methyl sites for hydroxylation is 1. The summed E-state index contributed by atoms with van der Waals surface area (Å²) in [6, 6.07) is 17.9. The average molecular weight is 702 g/mol. The van der Waals surface area contributed by atoms with Crippen LogP contribution in [0.3, 0.4) is 0 Å². The molecule has 0 aromatic heterocycles. The highest BCUT2D eigenvalue weighted by atomic mass is 16.6. The minimum absolute atomic E-state index is 0.0945. The number of nitrogens with one attached hydrogen (secondary N) is 3. The molecule has 0 aliphatic carbocycles. The van der Waals surface area contributed by atoms with E-state index in [0.29, 0.717) is 29.7 Å². The van der Waals surface area contributed by atoms with Crippen molar-refractivity contribution in [2.24, 2.45) is 5.73 Å². The number of anilines is 1. The van der Waals surface area contributed by atoms with Gasteiger partial charge in [-0.15, -0.1) is 0 Å². The van der Waals surface area contributed by atoms with Gasteiger partial charge in [-0.3, -0.25) is 19.3 Å². The number of primary amides is 1. The van der Waals surface area contributed by atoms with Crippen molar-refractivity contribution in [3.8, 4) is 5.75 Å². The van der Waals surface area contributed by atoms with E-state index in [0.717, 1.165) is 11.1 Å². The number of amides is 5. The maximum Gasteiger partial charge on any atom is 0.408 e. The summed E-state index contributed by atoms with van der Waals surface area (Å²) in [5.41, 5.74) is 8.12. The number of alkyl carbamates (subject to hydrolysis) is 2. The molecule has 13 nitrogen and oxygen atoms in total. The van der Waals surface area contributed by atoms with E-state index < -0.39 is 53.6 Å². The first-order valence-corrected chi connectivity index (χ1v) is 16.9. The molecule has 272 valence electrons. The van der Waals surface area contributed by atoms with Gasteiger partial charge in [0.25, 0.3) is 5.91 Å². The van der Waals surface area contributed by atoms with Crippen LogP contribution in [0.15, 0.2) is 72.8 Å². The van der Waals surface area contributed by atoms with E-state index in [2.05, 4.69) is 16.0 Å². The minimum Gasteiger partial charge on any atom is -0.508 e. The van der Waals surface area contributed by atoms with Gasteiger partial charge in [-0.25, -0.2) is 9.59 Å².